The van der Waals surface area contributed by atoms with Crippen LogP contribution in [0.3, 0.4) is 0 Å². The first-order valence-corrected chi connectivity index (χ1v) is 23.7. The molecule has 0 saturated carbocycles. The Kier molecular flexibility index (Phi) is 39.1. The highest BCUT2D eigenvalue weighted by atomic mass is 16.6. The summed E-state index contributed by atoms with van der Waals surface area (Å²) < 4.78 is 17.2. The maximum Gasteiger partial charge on any atom is 0.306 e. The summed E-state index contributed by atoms with van der Waals surface area (Å²) in [4.78, 5) is 36.9. The van der Waals surface area contributed by atoms with Gasteiger partial charge in [-0.3, -0.25) is 9.59 Å². The largest absolute Gasteiger partial charge is 0.544 e. The number of nitrogens with zero attached hydrogens (tertiary/aromatic N) is 1. The van der Waals surface area contributed by atoms with Crippen LogP contribution in [0.15, 0.2) is 48.6 Å². The molecule has 0 aromatic heterocycles. The third-order valence-corrected chi connectivity index (χ3v) is 10.6. The van der Waals surface area contributed by atoms with E-state index >= 15 is 0 Å². The average molecular weight is 816 g/mol. The van der Waals surface area contributed by atoms with E-state index in [-0.39, 0.29) is 42.7 Å². The molecule has 0 heterocycles. The van der Waals surface area contributed by atoms with E-state index in [9.17, 15) is 19.5 Å². The minimum atomic E-state index is -1.13. The van der Waals surface area contributed by atoms with Gasteiger partial charge in [-0.2, -0.15) is 0 Å². The summed E-state index contributed by atoms with van der Waals surface area (Å²) in [7, 11) is 5.40. The summed E-state index contributed by atoms with van der Waals surface area (Å²) in [6.45, 7) is 4.61. The van der Waals surface area contributed by atoms with Gasteiger partial charge >= 0.3 is 11.9 Å². The lowest BCUT2D eigenvalue weighted by Gasteiger charge is -2.34. The van der Waals surface area contributed by atoms with Gasteiger partial charge in [0.15, 0.2) is 6.10 Å². The van der Waals surface area contributed by atoms with Crippen LogP contribution in [0.25, 0.3) is 0 Å². The molecule has 0 saturated heterocycles. The number of quaternary nitrogens is 1. The number of carboxylic acids is 1. The van der Waals surface area contributed by atoms with Crippen molar-refractivity contribution in [3.8, 4) is 0 Å². The van der Waals surface area contributed by atoms with Crippen LogP contribution in [0.2, 0.25) is 0 Å². The van der Waals surface area contributed by atoms with Gasteiger partial charge in [-0.15, -0.1) is 0 Å². The van der Waals surface area contributed by atoms with Crippen LogP contribution in [0.5, 0.6) is 0 Å². The van der Waals surface area contributed by atoms with Crippen LogP contribution in [0.1, 0.15) is 200 Å². The van der Waals surface area contributed by atoms with Crippen LogP contribution in [-0.4, -0.2) is 75.5 Å². The lowest BCUT2D eigenvalue weighted by molar-refractivity contribution is -0.889. The number of hydrogen-bond acceptors (Lipinski definition) is 7. The van der Waals surface area contributed by atoms with Crippen LogP contribution >= 0.6 is 0 Å². The van der Waals surface area contributed by atoms with Crippen molar-refractivity contribution in [2.24, 2.45) is 0 Å². The maximum atomic E-state index is 12.7. The van der Waals surface area contributed by atoms with E-state index in [0.29, 0.717) is 12.8 Å². The monoisotopic (exact) mass is 816 g/mol. The first kappa shape index (κ1) is 55.3. The van der Waals surface area contributed by atoms with Gasteiger partial charge in [0, 0.05) is 19.3 Å². The second-order valence-corrected chi connectivity index (χ2v) is 17.1. The van der Waals surface area contributed by atoms with E-state index < -0.39 is 18.1 Å². The van der Waals surface area contributed by atoms with Gasteiger partial charge in [0.05, 0.1) is 40.3 Å². The van der Waals surface area contributed by atoms with Crippen molar-refractivity contribution in [2.75, 3.05) is 41.0 Å². The second-order valence-electron chi connectivity index (χ2n) is 17.1. The number of allylic oxidation sites excluding steroid dienone is 8. The van der Waals surface area contributed by atoms with Crippen molar-refractivity contribution in [1.82, 2.24) is 0 Å². The molecule has 2 atom stereocenters. The summed E-state index contributed by atoms with van der Waals surface area (Å²) >= 11 is 0. The molecule has 0 aliphatic rings. The highest BCUT2D eigenvalue weighted by Gasteiger charge is 2.25. The zero-order valence-corrected chi connectivity index (χ0v) is 38.2. The fourth-order valence-corrected chi connectivity index (χ4v) is 6.85. The third-order valence-electron chi connectivity index (χ3n) is 10.6. The summed E-state index contributed by atoms with van der Waals surface area (Å²) in [6.07, 6.45) is 48.4. The second kappa shape index (κ2) is 41.0. The van der Waals surface area contributed by atoms with Gasteiger partial charge in [0.2, 0.25) is 0 Å². The fourth-order valence-electron chi connectivity index (χ4n) is 6.85. The smallest absolute Gasteiger partial charge is 0.306 e. The van der Waals surface area contributed by atoms with Crippen LogP contribution in [0.4, 0.5) is 0 Å². The van der Waals surface area contributed by atoms with E-state index in [0.717, 1.165) is 64.2 Å². The number of ether oxygens (including phenoxy) is 3. The minimum absolute atomic E-state index is 0.0341. The van der Waals surface area contributed by atoms with Gasteiger partial charge < -0.3 is 28.6 Å². The molecule has 0 bridgehead atoms. The van der Waals surface area contributed by atoms with Crippen molar-refractivity contribution in [3.63, 3.8) is 0 Å². The molecule has 336 valence electrons. The Morgan fingerprint density at radius 2 is 0.914 bits per heavy atom. The normalized spacial score (nSPS) is 13.3. The molecule has 2 unspecified atom stereocenters. The molecule has 0 radical (unpaired) electrons. The molecule has 0 rings (SSSR count). The quantitative estimate of drug-likeness (QED) is 0.0262. The molecule has 0 spiro atoms. The summed E-state index contributed by atoms with van der Waals surface area (Å²) in [5.74, 6) is -1.76. The van der Waals surface area contributed by atoms with E-state index in [1.807, 2.05) is 0 Å². The van der Waals surface area contributed by atoms with Crippen molar-refractivity contribution >= 4 is 17.9 Å². The number of carbonyl (C=O) groups excluding carboxylic acids is 3. The highest BCUT2D eigenvalue weighted by Crippen LogP contribution is 2.15. The molecule has 0 aliphatic heterocycles. The van der Waals surface area contributed by atoms with Crippen LogP contribution < -0.4 is 5.11 Å². The number of carbonyl (C=O) groups is 3. The van der Waals surface area contributed by atoms with Gasteiger partial charge in [0.25, 0.3) is 0 Å². The van der Waals surface area contributed by atoms with E-state index in [1.54, 1.807) is 21.1 Å². The zero-order chi connectivity index (χ0) is 42.8. The Hall–Kier alpha value is -2.71. The molecule has 0 aliphatic carbocycles. The Morgan fingerprint density at radius 1 is 0.517 bits per heavy atom. The molecule has 0 amide bonds. The lowest BCUT2D eigenvalue weighted by Crippen LogP contribution is -2.55. The summed E-state index contributed by atoms with van der Waals surface area (Å²) in [5, 5.41) is 11.6. The predicted molar refractivity (Wildman–Crippen MR) is 240 cm³/mol. The minimum Gasteiger partial charge on any atom is -0.544 e. The zero-order valence-electron chi connectivity index (χ0n) is 38.2. The number of unbranched alkanes of at least 4 members (excludes halogenated alkanes) is 23. The Morgan fingerprint density at radius 3 is 1.38 bits per heavy atom. The van der Waals surface area contributed by atoms with E-state index in [1.165, 1.54) is 103 Å². The van der Waals surface area contributed by atoms with E-state index in [4.69, 9.17) is 14.2 Å². The Balaban J connectivity index is 4.35. The number of carboxylic acid groups (broad SMARTS) is 1. The first-order valence-electron chi connectivity index (χ1n) is 23.7. The molecule has 8 nitrogen and oxygen atoms in total. The molecule has 8 heteroatoms. The Bertz CT molecular complexity index is 1090. The lowest BCUT2D eigenvalue weighted by atomic mass is 10.0. The first-order chi connectivity index (χ1) is 28.1. The topological polar surface area (TPSA) is 102 Å². The number of likely N-dealkylation sites (N-methyl/N-ethyl adjacent to an activating group) is 1. The molecule has 0 aromatic carbocycles. The third kappa shape index (κ3) is 38.8. The van der Waals surface area contributed by atoms with Crippen LogP contribution in [-0.2, 0) is 28.6 Å². The van der Waals surface area contributed by atoms with Crippen molar-refractivity contribution in [2.45, 2.75) is 212 Å². The number of rotatable bonds is 42. The molecular formula is C50H89NO7. The van der Waals surface area contributed by atoms with Crippen molar-refractivity contribution in [1.29, 1.82) is 0 Å². The van der Waals surface area contributed by atoms with Crippen LogP contribution in [0, 0.1) is 0 Å². The van der Waals surface area contributed by atoms with Gasteiger partial charge in [-0.1, -0.05) is 191 Å². The average Bonchev–Trinajstić information content (AvgIpc) is 3.18. The highest BCUT2D eigenvalue weighted by molar-refractivity contribution is 5.70. The summed E-state index contributed by atoms with van der Waals surface area (Å²) in [6, 6.07) is -0.729. The van der Waals surface area contributed by atoms with E-state index in [2.05, 4.69) is 62.5 Å². The SMILES string of the molecule is CCCCC/C=C/C=C/C=C/C=C/CCCCCCCC(=O)OCC(COCCC(C(=O)[O-])[N+](C)(C)C)OC(=O)CCCCCCCCCCCCCCCCCC. The number of hydrogen-bond donors (Lipinski definition) is 0. The predicted octanol–water partition coefficient (Wildman–Crippen LogP) is 11.9. The molecular weight excluding hydrogens is 727 g/mol. The summed E-state index contributed by atoms with van der Waals surface area (Å²) in [5.41, 5.74) is 0. The van der Waals surface area contributed by atoms with Crippen molar-refractivity contribution in [3.05, 3.63) is 48.6 Å². The van der Waals surface area contributed by atoms with Gasteiger partial charge in [-0.05, 0) is 38.5 Å². The Labute approximate surface area is 356 Å². The molecule has 0 fully saturated rings. The van der Waals surface area contributed by atoms with Crippen molar-refractivity contribution < 1.29 is 38.2 Å². The fraction of sp³-hybridized carbons (Fsp3) is 0.780. The van der Waals surface area contributed by atoms with Gasteiger partial charge in [-0.25, -0.2) is 0 Å². The molecule has 0 aromatic rings. The van der Waals surface area contributed by atoms with Gasteiger partial charge in [0.1, 0.15) is 12.6 Å². The standard InChI is InChI=1S/C50H89NO7/c1-6-8-10-12-14-16-18-20-22-24-25-27-28-30-32-34-36-38-40-48(52)57-45-46(44-56-43-42-47(50(54)55)51(3,4)5)58-49(53)41-39-37-35-33-31-29-26-23-21-19-17-15-13-11-9-7-2/h14,16,18,20,22,24-25,27,46-47H,6-13,15,17,19,21,23,26,28-45H2,1-5H3/b16-14+,20-18+,24-22+,27-25+. The number of esters is 2. The molecule has 0 N–H and O–H groups in total. The number of aliphatic carboxylic acids is 1. The maximum absolute atomic E-state index is 12.7. The molecule has 58 heavy (non-hydrogen) atoms.